The van der Waals surface area contributed by atoms with E-state index in [0.29, 0.717) is 32.1 Å². The number of aliphatic hydroxyl groups is 1. The van der Waals surface area contributed by atoms with Crippen LogP contribution in [0.25, 0.3) is 0 Å². The molecule has 3 N–H and O–H groups in total. The first-order chi connectivity index (χ1) is 49.7. The Morgan fingerprint density at radius 2 is 0.520 bits per heavy atom. The van der Waals surface area contributed by atoms with Gasteiger partial charge in [-0.25, -0.2) is 9.13 Å². The van der Waals surface area contributed by atoms with Crippen LogP contribution in [0.2, 0.25) is 0 Å². The van der Waals surface area contributed by atoms with Crippen molar-refractivity contribution in [3.05, 3.63) is 122 Å². The number of unbranched alkanes of at least 4 members (excludes halogenated alkanes) is 28. The summed E-state index contributed by atoms with van der Waals surface area (Å²) >= 11 is 0. The van der Waals surface area contributed by atoms with E-state index in [0.717, 1.165) is 135 Å². The van der Waals surface area contributed by atoms with Crippen molar-refractivity contribution in [3.8, 4) is 0 Å². The fourth-order valence-electron chi connectivity index (χ4n) is 10.4. The Morgan fingerprint density at radius 3 is 0.853 bits per heavy atom. The van der Waals surface area contributed by atoms with E-state index >= 15 is 0 Å². The lowest BCUT2D eigenvalue weighted by Gasteiger charge is -2.21. The van der Waals surface area contributed by atoms with Crippen molar-refractivity contribution in [2.24, 2.45) is 0 Å². The summed E-state index contributed by atoms with van der Waals surface area (Å²) in [7, 11) is -9.98. The minimum absolute atomic E-state index is 0.0707. The average Bonchev–Trinajstić information content (AvgIpc) is 0.923. The number of allylic oxidation sites excluding steroid dienone is 20. The zero-order valence-corrected chi connectivity index (χ0v) is 65.8. The maximum absolute atomic E-state index is 13.1. The molecule has 0 radical (unpaired) electrons. The van der Waals surface area contributed by atoms with Gasteiger partial charge in [0.2, 0.25) is 0 Å². The van der Waals surface area contributed by atoms with Crippen LogP contribution in [-0.2, 0) is 65.4 Å². The predicted octanol–water partition coefficient (Wildman–Crippen LogP) is 23.1. The van der Waals surface area contributed by atoms with Crippen LogP contribution in [0.4, 0.5) is 0 Å². The molecule has 0 aliphatic rings. The Balaban J connectivity index is 5.44. The van der Waals surface area contributed by atoms with Crippen LogP contribution in [0.15, 0.2) is 122 Å². The van der Waals surface area contributed by atoms with Crippen LogP contribution in [0.5, 0.6) is 0 Å². The van der Waals surface area contributed by atoms with E-state index in [-0.39, 0.29) is 25.7 Å². The van der Waals surface area contributed by atoms with Crippen molar-refractivity contribution in [1.82, 2.24) is 0 Å². The van der Waals surface area contributed by atoms with Gasteiger partial charge in [0.05, 0.1) is 26.4 Å². The van der Waals surface area contributed by atoms with Gasteiger partial charge in [-0.1, -0.05) is 290 Å². The zero-order valence-electron chi connectivity index (χ0n) is 64.0. The lowest BCUT2D eigenvalue weighted by atomic mass is 10.0. The Hall–Kier alpha value is -4.54. The molecule has 0 aromatic heterocycles. The predicted molar refractivity (Wildman–Crippen MR) is 418 cm³/mol. The van der Waals surface area contributed by atoms with Gasteiger partial charge in [-0.2, -0.15) is 0 Å². The summed E-state index contributed by atoms with van der Waals surface area (Å²) in [5.41, 5.74) is 0. The number of hydrogen-bond acceptors (Lipinski definition) is 15. The Morgan fingerprint density at radius 1 is 0.284 bits per heavy atom. The minimum Gasteiger partial charge on any atom is -0.462 e. The fourth-order valence-corrected chi connectivity index (χ4v) is 12.0. The van der Waals surface area contributed by atoms with Crippen molar-refractivity contribution in [2.75, 3.05) is 39.6 Å². The normalized spacial score (nSPS) is 14.5. The topological polar surface area (TPSA) is 237 Å². The monoisotopic (exact) mass is 1470 g/mol. The molecule has 0 heterocycles. The third-order valence-electron chi connectivity index (χ3n) is 16.4. The molecule has 0 spiro atoms. The molecule has 19 heteroatoms. The van der Waals surface area contributed by atoms with E-state index in [2.05, 4.69) is 137 Å². The second-order valence-corrected chi connectivity index (χ2v) is 29.2. The highest BCUT2D eigenvalue weighted by Gasteiger charge is 2.30. The molecule has 102 heavy (non-hydrogen) atoms. The van der Waals surface area contributed by atoms with Crippen LogP contribution in [0, 0.1) is 0 Å². The van der Waals surface area contributed by atoms with Crippen LogP contribution in [-0.4, -0.2) is 96.7 Å². The maximum Gasteiger partial charge on any atom is 0.472 e. The molecule has 586 valence electrons. The number of phosphoric acid groups is 2. The van der Waals surface area contributed by atoms with E-state index in [1.54, 1.807) is 0 Å². The summed E-state index contributed by atoms with van der Waals surface area (Å²) < 4.78 is 68.5. The van der Waals surface area contributed by atoms with E-state index in [1.807, 2.05) is 12.2 Å². The molecule has 0 amide bonds. The van der Waals surface area contributed by atoms with Gasteiger partial charge >= 0.3 is 39.5 Å². The standard InChI is InChI=1S/C83H142O17P2/c1-5-9-13-17-21-25-29-33-37-38-42-44-48-52-56-60-64-68-81(86)94-74-79(100-83(88)70-66-62-58-54-50-46-41-36-32-28-24-20-16-12-8-4)76-98-102(91,92)96-72-77(84)71-95-101(89,90)97-75-78(99-82(87)69-65-61-57-53-49-45-40-35-31-27-23-19-15-11-7-3)73-93-80(85)67-63-59-55-51-47-43-39-34-30-26-22-18-14-10-6-2/h9-10,13-14,21-22,25-26,33-34,36-37,39,41-42,44,47,51-52,56,77-79,84H,5-8,11-12,15-20,23-24,27-32,35,38,40,43,45-46,48-50,53-55,57-76H2,1-4H3,(H,89,90)(H,91,92)/b13-9-,14-10-,25-21-,26-22-,37-33-,39-34-,41-36-,44-42-,51-47-,56-52-. The van der Waals surface area contributed by atoms with Crippen molar-refractivity contribution >= 4 is 39.5 Å². The molecule has 0 bridgehead atoms. The minimum atomic E-state index is -4.99. The maximum atomic E-state index is 13.1. The number of carbonyl (C=O) groups excluding carboxylic acids is 4. The molecule has 0 rings (SSSR count). The van der Waals surface area contributed by atoms with Gasteiger partial charge in [0, 0.05) is 25.7 Å². The smallest absolute Gasteiger partial charge is 0.462 e. The van der Waals surface area contributed by atoms with Gasteiger partial charge in [-0.3, -0.25) is 37.3 Å². The number of aliphatic hydroxyl groups excluding tert-OH is 1. The second-order valence-electron chi connectivity index (χ2n) is 26.2. The molecule has 0 aliphatic heterocycles. The molecule has 0 aromatic rings. The molecule has 0 saturated heterocycles. The summed E-state index contributed by atoms with van der Waals surface area (Å²) in [6.45, 7) is 4.55. The fraction of sp³-hybridized carbons (Fsp3) is 0.711. The second kappa shape index (κ2) is 74.7. The summed E-state index contributed by atoms with van der Waals surface area (Å²) in [4.78, 5) is 73.0. The highest BCUT2D eigenvalue weighted by Crippen LogP contribution is 2.45. The molecule has 0 aromatic carbocycles. The highest BCUT2D eigenvalue weighted by molar-refractivity contribution is 7.47. The number of hydrogen-bond donors (Lipinski definition) is 3. The van der Waals surface area contributed by atoms with Crippen LogP contribution in [0.1, 0.15) is 323 Å². The summed E-state index contributed by atoms with van der Waals surface area (Å²) in [5, 5.41) is 10.6. The molecule has 17 nitrogen and oxygen atoms in total. The summed E-state index contributed by atoms with van der Waals surface area (Å²) in [6.07, 6.45) is 81.9. The molecular formula is C83H142O17P2. The van der Waals surface area contributed by atoms with Crippen molar-refractivity contribution in [1.29, 1.82) is 0 Å². The van der Waals surface area contributed by atoms with Gasteiger partial charge in [0.1, 0.15) is 19.3 Å². The Bertz CT molecular complexity index is 2410. The van der Waals surface area contributed by atoms with E-state index in [9.17, 15) is 43.2 Å². The Kier molecular flexibility index (Phi) is 71.4. The molecular weight excluding hydrogens is 1330 g/mol. The van der Waals surface area contributed by atoms with Gasteiger partial charge in [0.15, 0.2) is 12.2 Å². The van der Waals surface area contributed by atoms with Crippen molar-refractivity contribution in [3.63, 3.8) is 0 Å². The lowest BCUT2D eigenvalue weighted by molar-refractivity contribution is -0.161. The van der Waals surface area contributed by atoms with Gasteiger partial charge < -0.3 is 33.8 Å². The molecule has 0 fully saturated rings. The largest absolute Gasteiger partial charge is 0.472 e. The van der Waals surface area contributed by atoms with Gasteiger partial charge in [-0.05, 0) is 128 Å². The molecule has 0 aliphatic carbocycles. The first-order valence-electron chi connectivity index (χ1n) is 39.8. The lowest BCUT2D eigenvalue weighted by Crippen LogP contribution is -2.30. The van der Waals surface area contributed by atoms with Crippen molar-refractivity contribution < 1.29 is 80.2 Å². The number of carbonyl (C=O) groups is 4. The Labute approximate surface area is 619 Å². The highest BCUT2D eigenvalue weighted by atomic mass is 31.2. The van der Waals surface area contributed by atoms with Gasteiger partial charge in [-0.15, -0.1) is 0 Å². The SMILES string of the molecule is CC/C=C\C/C=C\C/C=C\C/C=C\C/C=C\CCCC(=O)OCC(COP(=O)(O)OCC(O)COP(=O)(O)OCC(COC(=O)CCCC/C=C\C/C=C\C/C=C\C/C=C\CC)OC(=O)CCCCCCCCCCCCCCCCC)OC(=O)CCCCCCC/C=C\CCCCCCCC. The van der Waals surface area contributed by atoms with Gasteiger partial charge in [0.25, 0.3) is 0 Å². The summed E-state index contributed by atoms with van der Waals surface area (Å²) in [6, 6.07) is 0. The van der Waals surface area contributed by atoms with E-state index in [4.69, 9.17) is 37.0 Å². The van der Waals surface area contributed by atoms with Crippen LogP contribution < -0.4 is 0 Å². The van der Waals surface area contributed by atoms with E-state index in [1.165, 1.54) is 103 Å². The first kappa shape index (κ1) is 97.5. The number of phosphoric ester groups is 2. The number of rotatable bonds is 74. The quantitative estimate of drug-likeness (QED) is 0.0169. The number of esters is 4. The van der Waals surface area contributed by atoms with Crippen LogP contribution in [0.3, 0.4) is 0 Å². The first-order valence-corrected chi connectivity index (χ1v) is 42.8. The third kappa shape index (κ3) is 73.8. The van der Waals surface area contributed by atoms with E-state index < -0.39 is 97.5 Å². The number of ether oxygens (including phenoxy) is 4. The molecule has 5 unspecified atom stereocenters. The summed E-state index contributed by atoms with van der Waals surface area (Å²) in [5.74, 6) is -2.29. The third-order valence-corrected chi connectivity index (χ3v) is 18.3. The van der Waals surface area contributed by atoms with Crippen LogP contribution >= 0.6 is 15.6 Å². The zero-order chi connectivity index (χ0) is 74.6. The molecule has 5 atom stereocenters. The van der Waals surface area contributed by atoms with Crippen molar-refractivity contribution in [2.45, 2.75) is 341 Å². The molecule has 0 saturated carbocycles. The average molecular weight is 1470 g/mol.